The van der Waals surface area contributed by atoms with Crippen LogP contribution in [0.5, 0.6) is 0 Å². The third-order valence-corrected chi connectivity index (χ3v) is 7.92. The zero-order valence-electron chi connectivity index (χ0n) is 25.2. The summed E-state index contributed by atoms with van der Waals surface area (Å²) in [5, 5.41) is 0. The number of hydrogen-bond donors (Lipinski definition) is 0. The fraction of sp³-hybridized carbons (Fsp3) is 0.257. The highest BCUT2D eigenvalue weighted by Gasteiger charge is 2.29. The van der Waals surface area contributed by atoms with Gasteiger partial charge in [0, 0.05) is 63.4 Å². The summed E-state index contributed by atoms with van der Waals surface area (Å²) in [5.74, 6) is -3.36. The Labute approximate surface area is 260 Å². The summed E-state index contributed by atoms with van der Waals surface area (Å²) in [7, 11) is 3.93. The largest absolute Gasteiger partial charge is 0.378 e. The monoisotopic (exact) mass is 612 g/mol. The molecule has 0 aliphatic carbocycles. The molecule has 0 unspecified atom stereocenters. The summed E-state index contributed by atoms with van der Waals surface area (Å²) in [5.41, 5.74) is 2.64. The van der Waals surface area contributed by atoms with E-state index in [1.165, 1.54) is 52.1 Å². The Kier molecular flexibility index (Phi) is 9.51. The lowest BCUT2D eigenvalue weighted by Gasteiger charge is -2.36. The molecule has 1 aliphatic heterocycles. The molecule has 1 saturated heterocycles. The van der Waals surface area contributed by atoms with Crippen molar-refractivity contribution >= 4 is 28.8 Å². The van der Waals surface area contributed by atoms with Crippen LogP contribution in [-0.4, -0.2) is 67.2 Å². The van der Waals surface area contributed by atoms with E-state index in [0.29, 0.717) is 31.7 Å². The molecule has 0 saturated carbocycles. The molecule has 8 nitrogen and oxygen atoms in total. The first-order valence-electron chi connectivity index (χ1n) is 14.7. The van der Waals surface area contributed by atoms with Gasteiger partial charge in [0.25, 0.3) is 11.5 Å². The fourth-order valence-electron chi connectivity index (χ4n) is 5.38. The maximum Gasteiger partial charge on any atom is 0.290 e. The van der Waals surface area contributed by atoms with E-state index in [2.05, 4.69) is 4.90 Å². The number of carbonyl (C=O) groups excluding carboxylic acids is 3. The van der Waals surface area contributed by atoms with Gasteiger partial charge in [0.2, 0.25) is 5.78 Å². The minimum atomic E-state index is -0.896. The van der Waals surface area contributed by atoms with Crippen molar-refractivity contribution < 1.29 is 23.2 Å². The summed E-state index contributed by atoms with van der Waals surface area (Å²) < 4.78 is 29.1. The second-order valence-electron chi connectivity index (χ2n) is 11.3. The van der Waals surface area contributed by atoms with Gasteiger partial charge < -0.3 is 19.3 Å². The number of carbonyl (C=O) groups is 3. The van der Waals surface area contributed by atoms with Gasteiger partial charge in [-0.3, -0.25) is 19.2 Å². The third-order valence-electron chi connectivity index (χ3n) is 7.92. The molecule has 0 bridgehead atoms. The third kappa shape index (κ3) is 7.52. The maximum atomic E-state index is 14.4. The van der Waals surface area contributed by atoms with Crippen LogP contribution in [-0.2, 0) is 22.6 Å². The summed E-state index contributed by atoms with van der Waals surface area (Å²) >= 11 is 0. The minimum absolute atomic E-state index is 0.141. The normalized spacial score (nSPS) is 13.1. The Balaban J connectivity index is 1.30. The van der Waals surface area contributed by atoms with Crippen molar-refractivity contribution in [2.45, 2.75) is 19.4 Å². The van der Waals surface area contributed by atoms with Crippen LogP contribution < -0.4 is 15.4 Å². The molecule has 232 valence electrons. The first-order chi connectivity index (χ1) is 21.6. The molecule has 0 atom stereocenters. The van der Waals surface area contributed by atoms with Gasteiger partial charge in [0.05, 0.1) is 18.5 Å². The molecule has 2 heterocycles. The van der Waals surface area contributed by atoms with Crippen LogP contribution in [0.1, 0.15) is 33.5 Å². The van der Waals surface area contributed by atoms with Crippen LogP contribution in [0.4, 0.5) is 20.2 Å². The maximum absolute atomic E-state index is 14.4. The lowest BCUT2D eigenvalue weighted by atomic mass is 10.0. The van der Waals surface area contributed by atoms with E-state index in [9.17, 15) is 28.0 Å². The van der Waals surface area contributed by atoms with Gasteiger partial charge in [-0.1, -0.05) is 30.3 Å². The zero-order valence-corrected chi connectivity index (χ0v) is 25.2. The number of anilines is 2. The van der Waals surface area contributed by atoms with Gasteiger partial charge in [0.15, 0.2) is 5.78 Å². The SMILES string of the molecule is CN(C)c1ccc(N2CCN(C(=O)C(=O)CC(=O)c3cc(Cc4ccc(F)cc4)cn(Cc4ccccc4F)c3=O)CC2)cc1. The fourth-order valence-corrected chi connectivity index (χ4v) is 5.38. The van der Waals surface area contributed by atoms with Gasteiger partial charge in [-0.25, -0.2) is 8.78 Å². The molecule has 0 N–H and O–H groups in total. The molecule has 0 spiro atoms. The highest BCUT2D eigenvalue weighted by Crippen LogP contribution is 2.21. The number of ketones is 2. The van der Waals surface area contributed by atoms with Gasteiger partial charge in [-0.2, -0.15) is 0 Å². The highest BCUT2D eigenvalue weighted by atomic mass is 19.1. The Hall–Kier alpha value is -5.12. The molecule has 1 aliphatic rings. The standard InChI is InChI=1S/C35H34F2N4O4/c1-38(2)28-11-13-29(14-12-28)39-15-17-40(18-16-39)35(45)33(43)21-32(42)30-20-25(19-24-7-9-27(36)10-8-24)22-41(34(30)44)23-26-5-3-4-6-31(26)37/h3-14,20,22H,15-19,21,23H2,1-2H3. The second kappa shape index (κ2) is 13.7. The van der Waals surface area contributed by atoms with E-state index in [0.717, 1.165) is 16.9 Å². The lowest BCUT2D eigenvalue weighted by Crippen LogP contribution is -2.51. The van der Waals surface area contributed by atoms with Crippen LogP contribution in [0.25, 0.3) is 0 Å². The van der Waals surface area contributed by atoms with Crippen molar-refractivity contribution in [3.05, 3.63) is 129 Å². The van der Waals surface area contributed by atoms with E-state index in [1.54, 1.807) is 18.2 Å². The summed E-state index contributed by atoms with van der Waals surface area (Å²) in [6, 6.07) is 21.2. The van der Waals surface area contributed by atoms with Crippen LogP contribution in [0.15, 0.2) is 89.9 Å². The number of rotatable bonds is 10. The molecule has 4 aromatic rings. The van der Waals surface area contributed by atoms with Crippen molar-refractivity contribution in [3.63, 3.8) is 0 Å². The predicted molar refractivity (Wildman–Crippen MR) is 169 cm³/mol. The number of hydrogen-bond acceptors (Lipinski definition) is 6. The molecule has 1 fully saturated rings. The number of piperazine rings is 1. The van der Waals surface area contributed by atoms with Crippen molar-refractivity contribution in [2.24, 2.45) is 0 Å². The molecule has 0 radical (unpaired) electrons. The average Bonchev–Trinajstić information content (AvgIpc) is 3.04. The van der Waals surface area contributed by atoms with E-state index in [4.69, 9.17) is 0 Å². The number of Topliss-reactive ketones (excluding diaryl/α,β-unsaturated/α-hetero) is 2. The number of pyridine rings is 1. The topological polar surface area (TPSA) is 82.9 Å². The second-order valence-corrected chi connectivity index (χ2v) is 11.3. The summed E-state index contributed by atoms with van der Waals surface area (Å²) in [6.07, 6.45) is 1.02. The summed E-state index contributed by atoms with van der Waals surface area (Å²) in [6.45, 7) is 1.55. The molecule has 1 aromatic heterocycles. The van der Waals surface area contributed by atoms with Crippen molar-refractivity contribution in [2.75, 3.05) is 50.1 Å². The van der Waals surface area contributed by atoms with Crippen LogP contribution >= 0.6 is 0 Å². The van der Waals surface area contributed by atoms with E-state index in [1.807, 2.05) is 43.3 Å². The number of aromatic nitrogens is 1. The first kappa shape index (κ1) is 31.3. The number of benzene rings is 3. The quantitative estimate of drug-likeness (QED) is 0.151. The Morgan fingerprint density at radius 2 is 1.49 bits per heavy atom. The van der Waals surface area contributed by atoms with Gasteiger partial charge in [-0.05, 0) is 66.1 Å². The molecule has 45 heavy (non-hydrogen) atoms. The molecule has 3 aromatic carbocycles. The molecule has 5 rings (SSSR count). The van der Waals surface area contributed by atoms with Crippen LogP contribution in [0.3, 0.4) is 0 Å². The number of halogens is 2. The lowest BCUT2D eigenvalue weighted by molar-refractivity contribution is -0.144. The number of nitrogens with zero attached hydrogens (tertiary/aromatic N) is 4. The van der Waals surface area contributed by atoms with Gasteiger partial charge >= 0.3 is 0 Å². The van der Waals surface area contributed by atoms with Gasteiger partial charge in [-0.15, -0.1) is 0 Å². The summed E-state index contributed by atoms with van der Waals surface area (Å²) in [4.78, 5) is 58.4. The Morgan fingerprint density at radius 3 is 2.13 bits per heavy atom. The molecule has 10 heteroatoms. The molecule has 1 amide bonds. The Morgan fingerprint density at radius 1 is 0.822 bits per heavy atom. The minimum Gasteiger partial charge on any atom is -0.378 e. The van der Waals surface area contributed by atoms with Crippen molar-refractivity contribution in [1.29, 1.82) is 0 Å². The molecular weight excluding hydrogens is 578 g/mol. The zero-order chi connectivity index (χ0) is 32.1. The highest BCUT2D eigenvalue weighted by molar-refractivity contribution is 6.40. The van der Waals surface area contributed by atoms with Crippen LogP contribution in [0.2, 0.25) is 0 Å². The van der Waals surface area contributed by atoms with Crippen molar-refractivity contribution in [1.82, 2.24) is 9.47 Å². The average molecular weight is 613 g/mol. The van der Waals surface area contributed by atoms with Crippen LogP contribution in [0, 0.1) is 11.6 Å². The predicted octanol–water partition coefficient (Wildman–Crippen LogP) is 4.32. The Bertz CT molecular complexity index is 1760. The van der Waals surface area contributed by atoms with E-state index >= 15 is 0 Å². The van der Waals surface area contributed by atoms with Crippen molar-refractivity contribution in [3.8, 4) is 0 Å². The van der Waals surface area contributed by atoms with E-state index in [-0.39, 0.29) is 24.1 Å². The van der Waals surface area contributed by atoms with E-state index < -0.39 is 41.1 Å². The number of amides is 1. The molecular formula is C35H34F2N4O4. The van der Waals surface area contributed by atoms with Gasteiger partial charge in [0.1, 0.15) is 11.6 Å². The smallest absolute Gasteiger partial charge is 0.290 e. The first-order valence-corrected chi connectivity index (χ1v) is 14.7.